The first kappa shape index (κ1) is 25.5. The lowest BCUT2D eigenvalue weighted by molar-refractivity contribution is 0.282. The van der Waals surface area contributed by atoms with Crippen LogP contribution in [-0.2, 0) is 6.61 Å². The summed E-state index contributed by atoms with van der Waals surface area (Å²) < 4.78 is 12.7. The number of nitrogens with zero attached hydrogens (tertiary/aromatic N) is 6. The van der Waals surface area contributed by atoms with Crippen LogP contribution < -0.4 is 24.7 Å². The second-order valence-corrected chi connectivity index (χ2v) is 10.5. The van der Waals surface area contributed by atoms with Gasteiger partial charge in [0.25, 0.3) is 0 Å². The molecule has 0 radical (unpaired) electrons. The third kappa shape index (κ3) is 6.41. The molecule has 2 saturated heterocycles. The second-order valence-electron chi connectivity index (χ2n) is 9.33. The van der Waals surface area contributed by atoms with Gasteiger partial charge < -0.3 is 19.3 Å². The Bertz CT molecular complexity index is 1210. The molecule has 2 fully saturated rings. The SMILES string of the molecule is COc1cc(/C=N/Nc2nc(N3CCCC3)nc(N3CCCC3)n2)cc(I)c1OCc1ccc(C)cc1. The highest BCUT2D eigenvalue weighted by molar-refractivity contribution is 14.1. The van der Waals surface area contributed by atoms with E-state index in [9.17, 15) is 0 Å². The highest BCUT2D eigenvalue weighted by Gasteiger charge is 2.21. The molecule has 0 atom stereocenters. The van der Waals surface area contributed by atoms with Crippen LogP contribution >= 0.6 is 22.6 Å². The third-order valence-electron chi connectivity index (χ3n) is 6.52. The predicted molar refractivity (Wildman–Crippen MR) is 155 cm³/mol. The largest absolute Gasteiger partial charge is 0.493 e. The van der Waals surface area contributed by atoms with Crippen LogP contribution in [0.3, 0.4) is 0 Å². The molecule has 2 aromatic carbocycles. The summed E-state index contributed by atoms with van der Waals surface area (Å²) in [7, 11) is 1.65. The molecule has 0 bridgehead atoms. The summed E-state index contributed by atoms with van der Waals surface area (Å²) in [5, 5.41) is 4.43. The summed E-state index contributed by atoms with van der Waals surface area (Å²) in [6.45, 7) is 6.45. The van der Waals surface area contributed by atoms with Crippen molar-refractivity contribution in [2.75, 3.05) is 48.5 Å². The number of nitrogens with one attached hydrogen (secondary N) is 1. The van der Waals surface area contributed by atoms with Crippen molar-refractivity contribution in [2.45, 2.75) is 39.2 Å². The molecule has 9 nitrogen and oxygen atoms in total. The van der Waals surface area contributed by atoms with E-state index in [1.54, 1.807) is 13.3 Å². The summed E-state index contributed by atoms with van der Waals surface area (Å²) in [6, 6.07) is 12.2. The monoisotopic (exact) mass is 613 g/mol. The van der Waals surface area contributed by atoms with Gasteiger partial charge in [0.05, 0.1) is 16.9 Å². The topological polar surface area (TPSA) is 88.0 Å². The highest BCUT2D eigenvalue weighted by atomic mass is 127. The first-order chi connectivity index (χ1) is 18.1. The van der Waals surface area contributed by atoms with Gasteiger partial charge in [-0.2, -0.15) is 20.1 Å². The van der Waals surface area contributed by atoms with E-state index >= 15 is 0 Å². The van der Waals surface area contributed by atoms with E-state index in [1.165, 1.54) is 5.56 Å². The third-order valence-corrected chi connectivity index (χ3v) is 7.32. The van der Waals surface area contributed by atoms with Crippen LogP contribution in [0.1, 0.15) is 42.4 Å². The quantitative estimate of drug-likeness (QED) is 0.205. The van der Waals surface area contributed by atoms with Gasteiger partial charge in [0.2, 0.25) is 17.8 Å². The molecule has 3 heterocycles. The van der Waals surface area contributed by atoms with Crippen molar-refractivity contribution in [3.63, 3.8) is 0 Å². The molecule has 0 saturated carbocycles. The number of anilines is 3. The van der Waals surface area contributed by atoms with Crippen LogP contribution in [0.5, 0.6) is 11.5 Å². The fourth-order valence-electron chi connectivity index (χ4n) is 4.48. The molecule has 0 amide bonds. The van der Waals surface area contributed by atoms with Gasteiger partial charge in [0.1, 0.15) is 6.61 Å². The number of rotatable bonds is 9. The maximum Gasteiger partial charge on any atom is 0.250 e. The van der Waals surface area contributed by atoms with E-state index in [2.05, 4.69) is 84.1 Å². The van der Waals surface area contributed by atoms with E-state index in [4.69, 9.17) is 14.5 Å². The van der Waals surface area contributed by atoms with Gasteiger partial charge in [-0.15, -0.1) is 0 Å². The van der Waals surface area contributed by atoms with Crippen LogP contribution in [0.15, 0.2) is 41.5 Å². The molecule has 3 aromatic rings. The van der Waals surface area contributed by atoms with Crippen molar-refractivity contribution in [2.24, 2.45) is 5.10 Å². The number of ether oxygens (including phenoxy) is 2. The Hall–Kier alpha value is -3.15. The van der Waals surface area contributed by atoms with Gasteiger partial charge in [-0.1, -0.05) is 29.8 Å². The van der Waals surface area contributed by atoms with Gasteiger partial charge in [0.15, 0.2) is 11.5 Å². The highest BCUT2D eigenvalue weighted by Crippen LogP contribution is 2.34. The zero-order valence-electron chi connectivity index (χ0n) is 21.3. The lowest BCUT2D eigenvalue weighted by Gasteiger charge is -2.20. The molecule has 2 aliphatic rings. The van der Waals surface area contributed by atoms with E-state index in [0.717, 1.165) is 84.2 Å². The number of hydrogen-bond donors (Lipinski definition) is 1. The second kappa shape index (κ2) is 11.9. The van der Waals surface area contributed by atoms with Crippen LogP contribution in [0.25, 0.3) is 0 Å². The maximum absolute atomic E-state index is 6.11. The molecule has 1 N–H and O–H groups in total. The van der Waals surface area contributed by atoms with E-state index in [1.807, 2.05) is 12.1 Å². The summed E-state index contributed by atoms with van der Waals surface area (Å²) in [6.07, 6.45) is 6.39. The van der Waals surface area contributed by atoms with Crippen LogP contribution in [0, 0.1) is 10.5 Å². The van der Waals surface area contributed by atoms with E-state index < -0.39 is 0 Å². The molecule has 1 aromatic heterocycles. The summed E-state index contributed by atoms with van der Waals surface area (Å²) >= 11 is 2.27. The molecule has 194 valence electrons. The normalized spacial score (nSPS) is 15.5. The number of benzene rings is 2. The Labute approximate surface area is 231 Å². The van der Waals surface area contributed by atoms with E-state index in [-0.39, 0.29) is 0 Å². The molecular weight excluding hydrogens is 581 g/mol. The molecule has 5 rings (SSSR count). The minimum absolute atomic E-state index is 0.453. The van der Waals surface area contributed by atoms with Gasteiger partial charge in [-0.05, 0) is 78.5 Å². The molecule has 37 heavy (non-hydrogen) atoms. The molecule has 10 heteroatoms. The van der Waals surface area contributed by atoms with Gasteiger partial charge in [-0.3, -0.25) is 0 Å². The van der Waals surface area contributed by atoms with Crippen molar-refractivity contribution in [1.82, 2.24) is 15.0 Å². The van der Waals surface area contributed by atoms with Crippen molar-refractivity contribution in [3.8, 4) is 11.5 Å². The zero-order valence-corrected chi connectivity index (χ0v) is 23.4. The zero-order chi connectivity index (χ0) is 25.6. The molecular formula is C27H32IN7O2. The number of methoxy groups -OCH3 is 1. The van der Waals surface area contributed by atoms with Gasteiger partial charge >= 0.3 is 0 Å². The average molecular weight is 614 g/mol. The summed E-state index contributed by atoms with van der Waals surface area (Å²) in [5.74, 6) is 3.27. The Morgan fingerprint density at radius 2 is 1.57 bits per heavy atom. The maximum atomic E-state index is 6.11. The molecule has 0 unspecified atom stereocenters. The fraction of sp³-hybridized carbons (Fsp3) is 0.407. The van der Waals surface area contributed by atoms with Crippen molar-refractivity contribution in [3.05, 3.63) is 56.7 Å². The standard InChI is InChI=1S/C27H32IN7O2/c1-19-7-9-20(10-8-19)18-37-24-22(28)15-21(16-23(24)36-2)17-29-33-25-30-26(34-11-3-4-12-34)32-27(31-25)35-13-5-6-14-35/h7-10,15-17H,3-6,11-14,18H2,1-2H3,(H,30,31,32,33)/b29-17+. The Morgan fingerprint density at radius 1 is 0.946 bits per heavy atom. The van der Waals surface area contributed by atoms with Crippen LogP contribution in [0.4, 0.5) is 17.8 Å². The van der Waals surface area contributed by atoms with Crippen molar-refractivity contribution < 1.29 is 9.47 Å². The summed E-state index contributed by atoms with van der Waals surface area (Å²) in [4.78, 5) is 18.5. The van der Waals surface area contributed by atoms with Crippen molar-refractivity contribution >= 4 is 46.7 Å². The fourth-order valence-corrected chi connectivity index (χ4v) is 5.26. The lowest BCUT2D eigenvalue weighted by atomic mass is 10.2. The summed E-state index contributed by atoms with van der Waals surface area (Å²) in [5.41, 5.74) is 6.24. The number of hydrogen-bond acceptors (Lipinski definition) is 9. The number of halogens is 1. The molecule has 0 spiro atoms. The minimum Gasteiger partial charge on any atom is -0.493 e. The minimum atomic E-state index is 0.453. The van der Waals surface area contributed by atoms with Gasteiger partial charge in [0, 0.05) is 26.2 Å². The number of hydrazone groups is 1. The lowest BCUT2D eigenvalue weighted by Crippen LogP contribution is -2.25. The molecule has 2 aliphatic heterocycles. The Morgan fingerprint density at radius 3 is 2.16 bits per heavy atom. The average Bonchev–Trinajstić information content (AvgIpc) is 3.64. The van der Waals surface area contributed by atoms with E-state index in [0.29, 0.717) is 18.3 Å². The van der Waals surface area contributed by atoms with Crippen LogP contribution in [0.2, 0.25) is 0 Å². The Balaban J connectivity index is 1.30. The number of aromatic nitrogens is 3. The predicted octanol–water partition coefficient (Wildman–Crippen LogP) is 5.02. The van der Waals surface area contributed by atoms with Crippen molar-refractivity contribution in [1.29, 1.82) is 0 Å². The first-order valence-electron chi connectivity index (χ1n) is 12.7. The first-order valence-corrected chi connectivity index (χ1v) is 13.8. The molecule has 0 aliphatic carbocycles. The van der Waals surface area contributed by atoms with Crippen LogP contribution in [-0.4, -0.2) is 54.5 Å². The van der Waals surface area contributed by atoms with Gasteiger partial charge in [-0.25, -0.2) is 5.43 Å². The smallest absolute Gasteiger partial charge is 0.250 e. The number of aryl methyl sites for hydroxylation is 1. The Kier molecular flexibility index (Phi) is 8.22.